The summed E-state index contributed by atoms with van der Waals surface area (Å²) in [7, 11) is 0. The van der Waals surface area contributed by atoms with Crippen LogP contribution in [0.3, 0.4) is 0 Å². The van der Waals surface area contributed by atoms with E-state index in [-0.39, 0.29) is 5.91 Å². The number of hydrogen-bond acceptors (Lipinski definition) is 3. The Hall–Kier alpha value is -3.86. The molecule has 0 fully saturated rings. The Labute approximate surface area is 162 Å². The lowest BCUT2D eigenvalue weighted by molar-refractivity contribution is -0.116. The summed E-state index contributed by atoms with van der Waals surface area (Å²) in [5.41, 5.74) is 2.56. The summed E-state index contributed by atoms with van der Waals surface area (Å²) in [6.45, 7) is 0.377. The van der Waals surface area contributed by atoms with Crippen molar-refractivity contribution in [3.8, 4) is 11.5 Å². The molecule has 2 aromatic carbocycles. The van der Waals surface area contributed by atoms with Crippen LogP contribution in [-0.4, -0.2) is 15.3 Å². The number of ether oxygens (including phenoxy) is 1. The van der Waals surface area contributed by atoms with Gasteiger partial charge in [-0.3, -0.25) is 4.79 Å². The summed E-state index contributed by atoms with van der Waals surface area (Å²) in [6, 6.07) is 23.0. The van der Waals surface area contributed by atoms with Crippen molar-refractivity contribution in [1.29, 1.82) is 0 Å². The van der Waals surface area contributed by atoms with Crippen molar-refractivity contribution in [3.63, 3.8) is 0 Å². The van der Waals surface area contributed by atoms with Crippen molar-refractivity contribution in [3.05, 3.63) is 103 Å². The van der Waals surface area contributed by atoms with Crippen LogP contribution in [0.5, 0.6) is 11.5 Å². The molecule has 0 saturated heterocycles. The third-order valence-electron chi connectivity index (χ3n) is 4.12. The first kappa shape index (κ1) is 17.5. The van der Waals surface area contributed by atoms with Gasteiger partial charge in [-0.1, -0.05) is 36.4 Å². The van der Waals surface area contributed by atoms with Crippen LogP contribution in [0.15, 0.2) is 91.3 Å². The van der Waals surface area contributed by atoms with Gasteiger partial charge < -0.3 is 14.5 Å². The Bertz CT molecular complexity index is 1080. The first-order chi connectivity index (χ1) is 13.8. The molecule has 2 aromatic heterocycles. The third kappa shape index (κ3) is 4.45. The number of pyridine rings is 1. The number of hydrogen-bond donors (Lipinski definition) is 1. The van der Waals surface area contributed by atoms with E-state index in [0.29, 0.717) is 6.54 Å². The third-order valence-corrected chi connectivity index (χ3v) is 4.12. The van der Waals surface area contributed by atoms with Gasteiger partial charge in [0, 0.05) is 18.5 Å². The number of fused-ring (bicyclic) bond motifs is 1. The Morgan fingerprint density at radius 3 is 2.68 bits per heavy atom. The van der Waals surface area contributed by atoms with Gasteiger partial charge in [0.2, 0.25) is 5.91 Å². The zero-order chi connectivity index (χ0) is 19.2. The van der Waals surface area contributed by atoms with Gasteiger partial charge >= 0.3 is 0 Å². The van der Waals surface area contributed by atoms with Crippen LogP contribution in [-0.2, 0) is 11.3 Å². The molecule has 4 rings (SSSR count). The number of carbonyl (C=O) groups is 1. The molecular weight excluding hydrogens is 350 g/mol. The first-order valence-corrected chi connectivity index (χ1v) is 8.98. The number of rotatable bonds is 6. The molecule has 0 unspecified atom stereocenters. The standard InChI is InChI=1S/C23H19N3O2/c27-23(24-16-19-17-26-14-5-4-11-22(26)25-19)13-12-18-7-6-10-21(15-18)28-20-8-2-1-3-9-20/h1-15,17H,16H2,(H,24,27)/b13-12+. The fraction of sp³-hybridized carbons (Fsp3) is 0.0435. The van der Waals surface area contributed by atoms with Gasteiger partial charge in [-0.15, -0.1) is 0 Å². The molecule has 0 aliphatic rings. The minimum absolute atomic E-state index is 0.175. The summed E-state index contributed by atoms with van der Waals surface area (Å²) in [4.78, 5) is 16.6. The number of aromatic nitrogens is 2. The van der Waals surface area contributed by atoms with Gasteiger partial charge in [-0.25, -0.2) is 4.98 Å². The van der Waals surface area contributed by atoms with Crippen molar-refractivity contribution in [2.24, 2.45) is 0 Å². The Morgan fingerprint density at radius 2 is 1.82 bits per heavy atom. The highest BCUT2D eigenvalue weighted by atomic mass is 16.5. The number of benzene rings is 2. The van der Waals surface area contributed by atoms with Crippen molar-refractivity contribution < 1.29 is 9.53 Å². The molecule has 0 aliphatic heterocycles. The summed E-state index contributed by atoms with van der Waals surface area (Å²) in [5.74, 6) is 1.32. The highest BCUT2D eigenvalue weighted by Gasteiger charge is 2.03. The second-order valence-corrected chi connectivity index (χ2v) is 6.24. The number of amides is 1. The van der Waals surface area contributed by atoms with Crippen LogP contribution in [0.1, 0.15) is 11.3 Å². The van der Waals surface area contributed by atoms with Crippen LogP contribution in [0.4, 0.5) is 0 Å². The normalized spacial score (nSPS) is 11.0. The van der Waals surface area contributed by atoms with E-state index in [1.54, 1.807) is 6.08 Å². The van der Waals surface area contributed by atoms with Gasteiger partial charge in [0.1, 0.15) is 17.1 Å². The molecule has 0 saturated carbocycles. The number of para-hydroxylation sites is 1. The number of nitrogens with one attached hydrogen (secondary N) is 1. The smallest absolute Gasteiger partial charge is 0.244 e. The highest BCUT2D eigenvalue weighted by Crippen LogP contribution is 2.22. The number of carbonyl (C=O) groups excluding carboxylic acids is 1. The predicted octanol–water partition coefficient (Wildman–Crippen LogP) is 4.46. The largest absolute Gasteiger partial charge is 0.457 e. The lowest BCUT2D eigenvalue weighted by atomic mass is 10.2. The van der Waals surface area contributed by atoms with Crippen LogP contribution in [0.25, 0.3) is 11.7 Å². The van der Waals surface area contributed by atoms with Crippen LogP contribution in [0.2, 0.25) is 0 Å². The van der Waals surface area contributed by atoms with Gasteiger partial charge in [-0.2, -0.15) is 0 Å². The molecule has 0 bridgehead atoms. The minimum atomic E-state index is -0.175. The van der Waals surface area contributed by atoms with Crippen molar-refractivity contribution in [1.82, 2.24) is 14.7 Å². The zero-order valence-corrected chi connectivity index (χ0v) is 15.2. The summed E-state index contributed by atoms with van der Waals surface area (Å²) >= 11 is 0. The van der Waals surface area contributed by atoms with E-state index in [9.17, 15) is 4.79 Å². The summed E-state index contributed by atoms with van der Waals surface area (Å²) in [5, 5.41) is 2.85. The topological polar surface area (TPSA) is 55.6 Å². The minimum Gasteiger partial charge on any atom is -0.457 e. The lowest BCUT2D eigenvalue weighted by Gasteiger charge is -2.06. The second kappa shape index (κ2) is 8.22. The Morgan fingerprint density at radius 1 is 1.00 bits per heavy atom. The molecule has 138 valence electrons. The molecule has 0 aliphatic carbocycles. The predicted molar refractivity (Wildman–Crippen MR) is 109 cm³/mol. The molecule has 28 heavy (non-hydrogen) atoms. The maximum absolute atomic E-state index is 12.1. The van der Waals surface area contributed by atoms with E-state index in [2.05, 4.69) is 10.3 Å². The average molecular weight is 369 g/mol. The maximum atomic E-state index is 12.1. The van der Waals surface area contributed by atoms with Gasteiger partial charge in [0.05, 0.1) is 12.2 Å². The molecular formula is C23H19N3O2. The van der Waals surface area contributed by atoms with Crippen LogP contribution < -0.4 is 10.1 Å². The lowest BCUT2D eigenvalue weighted by Crippen LogP contribution is -2.20. The molecule has 0 spiro atoms. The SMILES string of the molecule is O=C(/C=C/c1cccc(Oc2ccccc2)c1)NCc1cn2ccccc2n1. The van der Waals surface area contributed by atoms with Crippen molar-refractivity contribution >= 4 is 17.6 Å². The van der Waals surface area contributed by atoms with E-state index in [4.69, 9.17) is 4.74 Å². The van der Waals surface area contributed by atoms with E-state index >= 15 is 0 Å². The molecule has 4 aromatic rings. The molecule has 2 heterocycles. The molecule has 1 N–H and O–H groups in total. The molecule has 0 radical (unpaired) electrons. The van der Waals surface area contributed by atoms with Gasteiger partial charge in [0.25, 0.3) is 0 Å². The van der Waals surface area contributed by atoms with Gasteiger partial charge in [0.15, 0.2) is 0 Å². The molecule has 0 atom stereocenters. The van der Waals surface area contributed by atoms with E-state index in [1.807, 2.05) is 89.6 Å². The van der Waals surface area contributed by atoms with Crippen molar-refractivity contribution in [2.75, 3.05) is 0 Å². The quantitative estimate of drug-likeness (QED) is 0.511. The summed E-state index contributed by atoms with van der Waals surface area (Å²) < 4.78 is 7.74. The van der Waals surface area contributed by atoms with Gasteiger partial charge in [-0.05, 0) is 48.0 Å². The van der Waals surface area contributed by atoms with E-state index < -0.39 is 0 Å². The Balaban J connectivity index is 1.35. The Kier molecular flexibility index (Phi) is 5.15. The fourth-order valence-electron chi connectivity index (χ4n) is 2.79. The average Bonchev–Trinajstić information content (AvgIpc) is 3.15. The van der Waals surface area contributed by atoms with Crippen LogP contribution in [0, 0.1) is 0 Å². The summed E-state index contributed by atoms with van der Waals surface area (Å²) in [6.07, 6.45) is 7.11. The zero-order valence-electron chi connectivity index (χ0n) is 15.2. The first-order valence-electron chi connectivity index (χ1n) is 8.98. The van der Waals surface area contributed by atoms with E-state index in [0.717, 1.165) is 28.4 Å². The number of nitrogens with zero attached hydrogens (tertiary/aromatic N) is 2. The van der Waals surface area contributed by atoms with E-state index in [1.165, 1.54) is 6.08 Å². The molecule has 5 nitrogen and oxygen atoms in total. The van der Waals surface area contributed by atoms with Crippen LogP contribution >= 0.6 is 0 Å². The molecule has 5 heteroatoms. The second-order valence-electron chi connectivity index (χ2n) is 6.24. The molecule has 1 amide bonds. The number of imidazole rings is 1. The monoisotopic (exact) mass is 369 g/mol. The fourth-order valence-corrected chi connectivity index (χ4v) is 2.79. The maximum Gasteiger partial charge on any atom is 0.244 e. The van der Waals surface area contributed by atoms with Crippen molar-refractivity contribution in [2.45, 2.75) is 6.54 Å². The highest BCUT2D eigenvalue weighted by molar-refractivity contribution is 5.91.